The van der Waals surface area contributed by atoms with E-state index in [-0.39, 0.29) is 21.1 Å². The first kappa shape index (κ1) is 22.6. The van der Waals surface area contributed by atoms with E-state index >= 15 is 0 Å². The molecule has 0 saturated carbocycles. The number of aliphatic carboxylic acids is 2. The van der Waals surface area contributed by atoms with Crippen LogP contribution in [-0.2, 0) is 9.59 Å². The monoisotopic (exact) mass is 388 g/mol. The number of carboxylic acids is 2. The second kappa shape index (κ2) is 16.4. The third-order valence-corrected chi connectivity index (χ3v) is 2.47. The van der Waals surface area contributed by atoms with Crippen molar-refractivity contribution in [1.29, 1.82) is 0 Å². The van der Waals surface area contributed by atoms with Gasteiger partial charge in [-0.15, -0.1) is 0 Å². The molecule has 2 unspecified atom stereocenters. The van der Waals surface area contributed by atoms with E-state index in [0.717, 1.165) is 0 Å². The zero-order valence-electron chi connectivity index (χ0n) is 10.6. The summed E-state index contributed by atoms with van der Waals surface area (Å²) in [6.07, 6.45) is 1.04. The standard InChI is InChI=1S/2C4H8O2S.2CH3.Sn/c2*1-2-3(7)4(5)6;;;/h2*3,7H,2H2,1H3,(H,5,6);2*1H3;/q;;;;+2/p-2. The minimum atomic E-state index is -1.09. The van der Waals surface area contributed by atoms with Crippen molar-refractivity contribution in [1.82, 2.24) is 0 Å². The molecule has 0 aromatic carbocycles. The molecule has 0 fully saturated rings. The molecule has 100 valence electrons. The topological polar surface area (TPSA) is 80.3 Å². The van der Waals surface area contributed by atoms with Crippen molar-refractivity contribution in [2.45, 2.75) is 47.1 Å². The van der Waals surface area contributed by atoms with Gasteiger partial charge in [0.05, 0.1) is 11.9 Å². The van der Waals surface area contributed by atoms with Gasteiger partial charge in [0, 0.05) is 10.5 Å². The van der Waals surface area contributed by atoms with Gasteiger partial charge in [-0.1, -0.05) is 13.8 Å². The Kier molecular flexibility index (Phi) is 21.9. The molecule has 0 saturated heterocycles. The Morgan fingerprint density at radius 1 is 1.00 bits per heavy atom. The molecule has 0 heterocycles. The summed E-state index contributed by atoms with van der Waals surface area (Å²) in [5, 5.41) is 18.3. The molecule has 0 radical (unpaired) electrons. The molecule has 17 heavy (non-hydrogen) atoms. The summed E-state index contributed by atoms with van der Waals surface area (Å²) in [5.41, 5.74) is 0. The molecular formula is C10H20O4S2Sn. The second-order valence-corrected chi connectivity index (χ2v) is 7.09. The predicted molar refractivity (Wildman–Crippen MR) is 73.6 cm³/mol. The molecule has 0 aliphatic rings. The number of hydrogen-bond donors (Lipinski definition) is 2. The maximum atomic E-state index is 9.74. The average molecular weight is 387 g/mol. The number of rotatable bonds is 4. The summed E-state index contributed by atoms with van der Waals surface area (Å²) >= 11 is 7.56. The third-order valence-electron chi connectivity index (χ3n) is 1.32. The molecule has 0 amide bonds. The van der Waals surface area contributed by atoms with E-state index in [0.29, 0.717) is 12.8 Å². The van der Waals surface area contributed by atoms with E-state index in [1.54, 1.807) is 13.8 Å². The van der Waals surface area contributed by atoms with Crippen LogP contribution in [0.5, 0.6) is 0 Å². The van der Waals surface area contributed by atoms with Gasteiger partial charge in [0.15, 0.2) is 0 Å². The summed E-state index contributed by atoms with van der Waals surface area (Å²) in [7, 11) is 0. The molecular weight excluding hydrogens is 367 g/mol. The Morgan fingerprint density at radius 3 is 1.18 bits per heavy atom. The van der Waals surface area contributed by atoms with Gasteiger partial charge in [-0.2, -0.15) is 25.3 Å². The van der Waals surface area contributed by atoms with Crippen LogP contribution >= 0.6 is 25.3 Å². The van der Waals surface area contributed by atoms with E-state index in [1.807, 2.05) is 0 Å². The van der Waals surface area contributed by atoms with Crippen LogP contribution < -0.4 is 10.2 Å². The van der Waals surface area contributed by atoms with Crippen molar-refractivity contribution in [2.24, 2.45) is 0 Å². The first-order valence-electron chi connectivity index (χ1n) is 5.14. The molecule has 0 aromatic rings. The molecule has 0 aromatic heterocycles. The van der Waals surface area contributed by atoms with Gasteiger partial charge in [-0.05, 0) is 12.8 Å². The van der Waals surface area contributed by atoms with Crippen molar-refractivity contribution in [3.8, 4) is 0 Å². The Balaban J connectivity index is -0.000000188. The summed E-state index contributed by atoms with van der Waals surface area (Å²) in [6.45, 7) is 3.49. The number of carbonyl (C=O) groups is 2. The molecule has 0 aliphatic heterocycles. The zero-order chi connectivity index (χ0) is 14.4. The Bertz CT molecular complexity index is 183. The Hall–Kier alpha value is 0.439. The van der Waals surface area contributed by atoms with E-state index in [4.69, 9.17) is 0 Å². The van der Waals surface area contributed by atoms with Gasteiger partial charge in [0.2, 0.25) is 0 Å². The van der Waals surface area contributed by atoms with Gasteiger partial charge < -0.3 is 19.8 Å². The zero-order valence-corrected chi connectivity index (χ0v) is 15.2. The average Bonchev–Trinajstić information content (AvgIpc) is 2.28. The first-order chi connectivity index (χ1) is 7.78. The molecule has 7 heteroatoms. The van der Waals surface area contributed by atoms with Crippen molar-refractivity contribution < 1.29 is 19.8 Å². The number of hydrogen-bond acceptors (Lipinski definition) is 6. The fourth-order valence-electron chi connectivity index (χ4n) is 0.333. The fourth-order valence-corrected chi connectivity index (χ4v) is 0.333. The van der Waals surface area contributed by atoms with Gasteiger partial charge in [0.1, 0.15) is 0 Å². The normalized spacial score (nSPS) is 11.6. The number of carboxylic acid groups (broad SMARTS) is 2. The van der Waals surface area contributed by atoms with Crippen LogP contribution in [0.4, 0.5) is 0 Å². The maximum absolute atomic E-state index is 9.74. The van der Waals surface area contributed by atoms with Crippen molar-refractivity contribution in [3.63, 3.8) is 0 Å². The SMILES string of the molecule is CCC(S)C(=O)[O-].CCC(S)C(=O)[O-].[CH3][Sn+2][CH3]. The quantitative estimate of drug-likeness (QED) is 0.512. The van der Waals surface area contributed by atoms with Crippen LogP contribution in [0, 0.1) is 0 Å². The first-order valence-corrected chi connectivity index (χ1v) is 11.9. The van der Waals surface area contributed by atoms with Gasteiger partial charge in [-0.3, -0.25) is 0 Å². The molecule has 0 spiro atoms. The second-order valence-electron chi connectivity index (χ2n) is 2.99. The van der Waals surface area contributed by atoms with Gasteiger partial charge >= 0.3 is 31.0 Å². The van der Waals surface area contributed by atoms with Crippen LogP contribution in [0.1, 0.15) is 26.7 Å². The fraction of sp³-hybridized carbons (Fsp3) is 0.800. The van der Waals surface area contributed by atoms with E-state index in [1.165, 1.54) is 0 Å². The summed E-state index contributed by atoms with van der Waals surface area (Å²) < 4.78 is 0. The number of carbonyl (C=O) groups excluding carboxylic acids is 2. The Morgan fingerprint density at radius 2 is 1.18 bits per heavy atom. The van der Waals surface area contributed by atoms with Crippen LogP contribution in [0.15, 0.2) is 0 Å². The summed E-state index contributed by atoms with van der Waals surface area (Å²) in [6, 6.07) is 0. The Labute approximate surface area is 125 Å². The van der Waals surface area contributed by atoms with Crippen molar-refractivity contribution in [2.75, 3.05) is 0 Å². The van der Waals surface area contributed by atoms with E-state index < -0.39 is 22.4 Å². The van der Waals surface area contributed by atoms with Gasteiger partial charge in [-0.25, -0.2) is 0 Å². The van der Waals surface area contributed by atoms with E-state index in [9.17, 15) is 19.8 Å². The molecule has 0 bridgehead atoms. The summed E-state index contributed by atoms with van der Waals surface area (Å²) in [5.74, 6) is -2.18. The minimum absolute atomic E-state index is 0.230. The van der Waals surface area contributed by atoms with Crippen LogP contribution in [0.3, 0.4) is 0 Å². The van der Waals surface area contributed by atoms with Crippen LogP contribution in [0.25, 0.3) is 0 Å². The molecule has 0 rings (SSSR count). The third kappa shape index (κ3) is 22.1. The van der Waals surface area contributed by atoms with Crippen molar-refractivity contribution in [3.05, 3.63) is 0 Å². The van der Waals surface area contributed by atoms with Crippen LogP contribution in [0.2, 0.25) is 9.88 Å². The number of thiol groups is 2. The van der Waals surface area contributed by atoms with Crippen LogP contribution in [-0.4, -0.2) is 43.6 Å². The molecule has 0 aliphatic carbocycles. The molecule has 2 atom stereocenters. The van der Waals surface area contributed by atoms with Gasteiger partial charge in [0.25, 0.3) is 0 Å². The molecule has 0 N–H and O–H groups in total. The summed E-state index contributed by atoms with van der Waals surface area (Å²) in [4.78, 5) is 24.1. The van der Waals surface area contributed by atoms with E-state index in [2.05, 4.69) is 35.1 Å². The van der Waals surface area contributed by atoms with Crippen molar-refractivity contribution >= 4 is 58.3 Å². The predicted octanol–water partition coefficient (Wildman–Crippen LogP) is -0.324. The molecule has 4 nitrogen and oxygen atoms in total.